The fourth-order valence-corrected chi connectivity index (χ4v) is 11.6. The van der Waals surface area contributed by atoms with Crippen molar-refractivity contribution >= 4 is 66.4 Å². The zero-order valence-electron chi connectivity index (χ0n) is 59.8. The van der Waals surface area contributed by atoms with E-state index in [-0.39, 0.29) is 55.8 Å². The van der Waals surface area contributed by atoms with Gasteiger partial charge < -0.3 is 9.80 Å². The van der Waals surface area contributed by atoms with E-state index in [1.165, 1.54) is 21.9 Å². The topological polar surface area (TPSA) is 6.48 Å². The van der Waals surface area contributed by atoms with E-state index in [0.29, 0.717) is 65.7 Å². The molecule has 0 bridgehead atoms. The standard InChI is InChI=1S/C80H74F2N2/c1-77(2,3)59-35-23-51(24-36-59)57-47-67(53-27-39-61(40-28-53)79(7,8)9)75(69(81)49-57)83(63-19-15-13-16-20-63)71-45-33-55-32-44-66-72(46-34-56-31-43-65(71)73(55)74(56)66)84(64-21-17-14-18-22-64)76-68(54-29-41-62(42-30-54)80(10,11)12)48-58(50-70(76)82)52-25-37-60(38-26-52)78(4,5)6/h13-50H,1-12H3/i13D,14D,15D,16D,17D,18D,19D,20D,21D,22D. The van der Waals surface area contributed by atoms with Crippen LogP contribution >= 0.6 is 0 Å². The van der Waals surface area contributed by atoms with E-state index in [1.54, 1.807) is 12.1 Å². The summed E-state index contributed by atoms with van der Waals surface area (Å²) < 4.78 is 130. The number of hydrogen-bond donors (Lipinski definition) is 0. The Bertz CT molecular complexity index is 4630. The largest absolute Gasteiger partial charge is 0.307 e. The molecule has 0 aliphatic heterocycles. The van der Waals surface area contributed by atoms with Gasteiger partial charge in [0, 0.05) is 33.3 Å². The van der Waals surface area contributed by atoms with Gasteiger partial charge in [0.05, 0.1) is 36.5 Å². The van der Waals surface area contributed by atoms with Gasteiger partial charge in [-0.1, -0.05) is 253 Å². The van der Waals surface area contributed by atoms with Gasteiger partial charge in [0.1, 0.15) is 11.6 Å². The van der Waals surface area contributed by atoms with E-state index in [0.717, 1.165) is 33.4 Å². The third-order valence-corrected chi connectivity index (χ3v) is 16.4. The highest BCUT2D eigenvalue weighted by atomic mass is 19.1. The lowest BCUT2D eigenvalue weighted by molar-refractivity contribution is 0.590. The zero-order chi connectivity index (χ0) is 67.7. The minimum Gasteiger partial charge on any atom is -0.307 e. The number of para-hydroxylation sites is 2. The maximum Gasteiger partial charge on any atom is 0.148 e. The molecule has 0 aromatic heterocycles. The molecule has 0 saturated carbocycles. The smallest absolute Gasteiger partial charge is 0.148 e. The quantitative estimate of drug-likeness (QED) is 0.126. The van der Waals surface area contributed by atoms with E-state index in [2.05, 4.69) is 83.1 Å². The lowest BCUT2D eigenvalue weighted by atomic mass is 9.85. The molecule has 12 rings (SSSR count). The summed E-state index contributed by atoms with van der Waals surface area (Å²) in [5, 5.41) is 3.57. The second kappa shape index (κ2) is 21.1. The van der Waals surface area contributed by atoms with Gasteiger partial charge in [0.15, 0.2) is 0 Å². The molecule has 0 atom stereocenters. The Kier molecular flexibility index (Phi) is 11.2. The van der Waals surface area contributed by atoms with E-state index in [1.807, 2.05) is 146 Å². The molecule has 84 heavy (non-hydrogen) atoms. The first kappa shape index (κ1) is 44.7. The molecule has 0 N–H and O–H groups in total. The van der Waals surface area contributed by atoms with Crippen LogP contribution in [0.15, 0.2) is 230 Å². The molecule has 0 heterocycles. The summed E-state index contributed by atoms with van der Waals surface area (Å²) in [5.41, 5.74) is 7.77. The molecule has 0 aliphatic rings. The Labute approximate surface area is 510 Å². The predicted molar refractivity (Wildman–Crippen MR) is 356 cm³/mol. The summed E-state index contributed by atoms with van der Waals surface area (Å²) in [6.45, 7) is 25.4. The SMILES string of the molecule is [2H]c1c([2H])c([2H])c(N(c2c(F)cc(-c3ccc(C(C)(C)C)cc3)cc2-c2ccc(C(C)(C)C)cc2)c2ccc3ccc4c(N(c5c(F)cc(-c6ccc(C(C)(C)C)cc6)cc5-c5ccc(C(C)(C)C)cc5)c5c([2H])c([2H])c([2H])c([2H])c5[2H])ccc5ccc2c3c54)c([2H])c1[2H]. The molecule has 4 heteroatoms. The van der Waals surface area contributed by atoms with E-state index in [9.17, 15) is 5.48 Å². The number of rotatable bonds is 10. The molecule has 12 aromatic rings. The minimum absolute atomic E-state index is 0.0766. The van der Waals surface area contributed by atoms with Crippen molar-refractivity contribution in [1.29, 1.82) is 0 Å². The van der Waals surface area contributed by atoms with Crippen LogP contribution in [0.4, 0.5) is 42.9 Å². The molecule has 0 saturated heterocycles. The van der Waals surface area contributed by atoms with Crippen molar-refractivity contribution in [2.24, 2.45) is 0 Å². The molecule has 418 valence electrons. The Morgan fingerprint density at radius 1 is 0.310 bits per heavy atom. The Morgan fingerprint density at radius 3 is 0.893 bits per heavy atom. The molecular weight excluding hydrogens is 1030 g/mol. The van der Waals surface area contributed by atoms with Crippen molar-refractivity contribution in [1.82, 2.24) is 0 Å². The number of nitrogens with zero attached hydrogens (tertiary/aromatic N) is 2. The van der Waals surface area contributed by atoms with Crippen LogP contribution in [-0.4, -0.2) is 0 Å². The van der Waals surface area contributed by atoms with E-state index < -0.39 is 72.1 Å². The van der Waals surface area contributed by atoms with Gasteiger partial charge in [-0.3, -0.25) is 0 Å². The highest BCUT2D eigenvalue weighted by Gasteiger charge is 2.29. The average Bonchev–Trinajstić information content (AvgIpc) is 0.714. The first-order valence-corrected chi connectivity index (χ1v) is 28.7. The van der Waals surface area contributed by atoms with Crippen LogP contribution in [0.5, 0.6) is 0 Å². The summed E-state index contributed by atoms with van der Waals surface area (Å²) >= 11 is 0. The van der Waals surface area contributed by atoms with Crippen LogP contribution in [0.3, 0.4) is 0 Å². The average molecular weight is 1110 g/mol. The van der Waals surface area contributed by atoms with Crippen LogP contribution in [-0.2, 0) is 21.7 Å². The molecule has 12 aromatic carbocycles. The second-order valence-electron chi connectivity index (χ2n) is 26.2. The molecule has 0 radical (unpaired) electrons. The van der Waals surface area contributed by atoms with Gasteiger partial charge in [-0.25, -0.2) is 8.78 Å². The molecule has 0 spiro atoms. The molecule has 0 amide bonds. The Morgan fingerprint density at radius 2 is 0.595 bits per heavy atom. The van der Waals surface area contributed by atoms with Crippen molar-refractivity contribution in [3.8, 4) is 44.5 Å². The van der Waals surface area contributed by atoms with Crippen molar-refractivity contribution in [2.75, 3.05) is 9.80 Å². The summed E-state index contributed by atoms with van der Waals surface area (Å²) in [6, 6.07) is 47.0. The van der Waals surface area contributed by atoms with Crippen molar-refractivity contribution < 1.29 is 22.5 Å². The third-order valence-electron chi connectivity index (χ3n) is 16.4. The van der Waals surface area contributed by atoms with Gasteiger partial charge in [0.25, 0.3) is 0 Å². The molecule has 0 unspecified atom stereocenters. The number of hydrogen-bond acceptors (Lipinski definition) is 2. The summed E-state index contributed by atoms with van der Waals surface area (Å²) in [5.74, 6) is -1.47. The first-order chi connectivity index (χ1) is 44.1. The zero-order valence-corrected chi connectivity index (χ0v) is 49.8. The normalized spacial score (nSPS) is 14.1. The highest BCUT2D eigenvalue weighted by Crippen LogP contribution is 2.52. The number of anilines is 6. The van der Waals surface area contributed by atoms with Crippen LogP contribution in [0.25, 0.3) is 76.8 Å². The maximum atomic E-state index is 18.6. The van der Waals surface area contributed by atoms with Crippen molar-refractivity contribution in [3.05, 3.63) is 264 Å². The maximum absolute atomic E-state index is 18.6. The fraction of sp³-hybridized carbons (Fsp3) is 0.200. The molecule has 0 fully saturated rings. The summed E-state index contributed by atoms with van der Waals surface area (Å²) in [7, 11) is 0. The Hall–Kier alpha value is -8.86. The summed E-state index contributed by atoms with van der Waals surface area (Å²) in [6.07, 6.45) is 0. The molecule has 0 aliphatic carbocycles. The van der Waals surface area contributed by atoms with Crippen LogP contribution in [0, 0.1) is 11.6 Å². The van der Waals surface area contributed by atoms with Crippen LogP contribution in [0.1, 0.15) is 119 Å². The lowest BCUT2D eigenvalue weighted by Crippen LogP contribution is -2.15. The lowest BCUT2D eigenvalue weighted by Gasteiger charge is -2.32. The monoisotopic (exact) mass is 1110 g/mol. The van der Waals surface area contributed by atoms with Gasteiger partial charge in [0.2, 0.25) is 0 Å². The van der Waals surface area contributed by atoms with Crippen LogP contribution < -0.4 is 9.80 Å². The molecular formula is C80H74F2N2. The molecule has 2 nitrogen and oxygen atoms in total. The van der Waals surface area contributed by atoms with Crippen LogP contribution in [0.2, 0.25) is 0 Å². The second-order valence-corrected chi connectivity index (χ2v) is 26.2. The fourth-order valence-electron chi connectivity index (χ4n) is 11.6. The predicted octanol–water partition coefficient (Wildman–Crippen LogP) is 23.7. The van der Waals surface area contributed by atoms with E-state index in [4.69, 9.17) is 8.22 Å². The highest BCUT2D eigenvalue weighted by molar-refractivity contribution is 6.28. The van der Waals surface area contributed by atoms with Gasteiger partial charge in [-0.05, 0) is 159 Å². The van der Waals surface area contributed by atoms with Gasteiger partial charge >= 0.3 is 0 Å². The summed E-state index contributed by atoms with van der Waals surface area (Å²) in [4.78, 5) is 2.90. The van der Waals surface area contributed by atoms with Gasteiger partial charge in [-0.15, -0.1) is 0 Å². The van der Waals surface area contributed by atoms with Gasteiger partial charge in [-0.2, -0.15) is 0 Å². The third kappa shape index (κ3) is 10.4. The minimum atomic E-state index is -0.736. The van der Waals surface area contributed by atoms with Crippen molar-refractivity contribution in [3.63, 3.8) is 0 Å². The van der Waals surface area contributed by atoms with E-state index >= 15 is 8.78 Å². The Balaban J connectivity index is 1.17. The number of benzene rings is 12. The number of halogens is 2. The first-order valence-electron chi connectivity index (χ1n) is 33.7. The van der Waals surface area contributed by atoms with Crippen molar-refractivity contribution in [2.45, 2.75) is 105 Å².